The van der Waals surface area contributed by atoms with Crippen molar-refractivity contribution in [2.24, 2.45) is 5.16 Å². The van der Waals surface area contributed by atoms with Crippen molar-refractivity contribution in [1.29, 1.82) is 0 Å². The molecule has 0 spiro atoms. The number of ether oxygens (including phenoxy) is 3. The van der Waals surface area contributed by atoms with Crippen molar-refractivity contribution in [2.45, 2.75) is 94.2 Å². The Morgan fingerprint density at radius 1 is 1.00 bits per heavy atom. The van der Waals surface area contributed by atoms with Crippen molar-refractivity contribution < 1.29 is 34.4 Å². The van der Waals surface area contributed by atoms with Gasteiger partial charge < -0.3 is 34.4 Å². The minimum Gasteiger partial charge on any atom is -0.494 e. The first-order chi connectivity index (χ1) is 19.9. The Morgan fingerprint density at radius 2 is 1.71 bits per heavy atom. The van der Waals surface area contributed by atoms with E-state index in [1.165, 1.54) is 44.9 Å². The topological polar surface area (TPSA) is 110 Å². The molecule has 4 rings (SSSR count). The number of oxime groups is 1. The van der Waals surface area contributed by atoms with Gasteiger partial charge in [-0.15, -0.1) is 0 Å². The minimum absolute atomic E-state index is 0.00635. The zero-order chi connectivity index (χ0) is 29.1. The smallest absolute Gasteiger partial charge is 0.198 e. The number of aliphatic hydroxyl groups excluding tert-OH is 3. The predicted molar refractivity (Wildman–Crippen MR) is 158 cm³/mol. The van der Waals surface area contributed by atoms with Gasteiger partial charge >= 0.3 is 0 Å². The van der Waals surface area contributed by atoms with E-state index in [9.17, 15) is 15.3 Å². The lowest BCUT2D eigenvalue weighted by atomic mass is 9.85. The predicted octanol–water partition coefficient (Wildman–Crippen LogP) is 5.51. The Balaban J connectivity index is 1.20. The van der Waals surface area contributed by atoms with Crippen molar-refractivity contribution in [1.82, 2.24) is 0 Å². The first kappa shape index (κ1) is 31.7. The number of hydrogen-bond donors (Lipinski definition) is 3. The first-order valence-corrected chi connectivity index (χ1v) is 15.2. The molecule has 0 saturated carbocycles. The molecule has 8 nitrogen and oxygen atoms in total. The number of aliphatic hydroxyl groups is 3. The van der Waals surface area contributed by atoms with E-state index in [1.807, 2.05) is 42.6 Å². The Labute approximate surface area is 248 Å². The SMILES string of the molecule is CON=CCCCCCCCCCCOc1ccc(Cc2cc(C34CC(O)C(O)C(CO)(CO3)O4)ccc2Cl)cc1. The van der Waals surface area contributed by atoms with Gasteiger partial charge in [0, 0.05) is 23.2 Å². The van der Waals surface area contributed by atoms with E-state index in [4.69, 9.17) is 25.8 Å². The number of hydrogen-bond acceptors (Lipinski definition) is 8. The third-order valence-electron chi connectivity index (χ3n) is 8.05. The summed E-state index contributed by atoms with van der Waals surface area (Å²) in [6, 6.07) is 13.6. The fraction of sp³-hybridized carbons (Fsp3) is 0.594. The standard InChI is InChI=1S/C32H44ClNO7/c1-38-34-17-9-7-5-3-2-4-6-8-10-18-39-27-14-11-24(12-15-27)19-25-20-26(13-16-28(25)33)32-21-29(36)30(37)31(22-35,41-32)23-40-32/h11-17,20,29-30,35-37H,2-10,18-19,21-23H2,1H3. The molecule has 3 N–H and O–H groups in total. The van der Waals surface area contributed by atoms with E-state index in [0.717, 1.165) is 29.7 Å². The average Bonchev–Trinajstić information content (AvgIpc) is 3.33. The van der Waals surface area contributed by atoms with Gasteiger partial charge in [-0.2, -0.15) is 0 Å². The summed E-state index contributed by atoms with van der Waals surface area (Å²) in [5.74, 6) is -0.384. The number of fused-ring (bicyclic) bond motifs is 2. The second-order valence-corrected chi connectivity index (χ2v) is 11.6. The largest absolute Gasteiger partial charge is 0.494 e. The van der Waals surface area contributed by atoms with Gasteiger partial charge in [0.1, 0.15) is 24.6 Å². The minimum atomic E-state index is -1.34. The number of nitrogens with zero attached hydrogens (tertiary/aromatic N) is 1. The molecule has 0 radical (unpaired) electrons. The van der Waals surface area contributed by atoms with Crippen LogP contribution in [0.15, 0.2) is 47.6 Å². The van der Waals surface area contributed by atoms with Gasteiger partial charge in [-0.05, 0) is 61.1 Å². The van der Waals surface area contributed by atoms with Crippen LogP contribution in [-0.2, 0) is 26.5 Å². The van der Waals surface area contributed by atoms with Gasteiger partial charge in [-0.3, -0.25) is 0 Å². The number of rotatable bonds is 17. The molecule has 41 heavy (non-hydrogen) atoms. The highest BCUT2D eigenvalue weighted by Gasteiger charge is 2.62. The molecule has 2 aliphatic rings. The van der Waals surface area contributed by atoms with Crippen LogP contribution in [0.2, 0.25) is 5.02 Å². The van der Waals surface area contributed by atoms with Crippen LogP contribution < -0.4 is 4.74 Å². The summed E-state index contributed by atoms with van der Waals surface area (Å²) in [5.41, 5.74) is 1.33. The summed E-state index contributed by atoms with van der Waals surface area (Å²) in [5, 5.41) is 35.1. The van der Waals surface area contributed by atoms with E-state index in [2.05, 4.69) is 9.99 Å². The Morgan fingerprint density at radius 3 is 2.41 bits per heavy atom. The molecule has 0 aromatic heterocycles. The van der Waals surface area contributed by atoms with E-state index in [0.29, 0.717) is 23.6 Å². The van der Waals surface area contributed by atoms with Crippen LogP contribution >= 0.6 is 11.6 Å². The van der Waals surface area contributed by atoms with Crippen LogP contribution in [0.1, 0.15) is 80.9 Å². The molecule has 2 fully saturated rings. The van der Waals surface area contributed by atoms with Crippen LogP contribution in [0.5, 0.6) is 5.75 Å². The van der Waals surface area contributed by atoms with Crippen molar-refractivity contribution in [3.63, 3.8) is 0 Å². The molecule has 2 bridgehead atoms. The lowest BCUT2D eigenvalue weighted by molar-refractivity contribution is -0.281. The van der Waals surface area contributed by atoms with Crippen LogP contribution in [0.3, 0.4) is 0 Å². The summed E-state index contributed by atoms with van der Waals surface area (Å²) >= 11 is 6.55. The molecular weight excluding hydrogens is 546 g/mol. The molecule has 2 heterocycles. The summed E-state index contributed by atoms with van der Waals surface area (Å²) < 4.78 is 18.0. The van der Waals surface area contributed by atoms with Crippen LogP contribution in [0.4, 0.5) is 0 Å². The van der Waals surface area contributed by atoms with Crippen molar-refractivity contribution in [2.75, 3.05) is 26.9 Å². The van der Waals surface area contributed by atoms with Gasteiger partial charge in [0.15, 0.2) is 5.79 Å². The van der Waals surface area contributed by atoms with Crippen LogP contribution in [0, 0.1) is 0 Å². The molecule has 9 heteroatoms. The molecular formula is C32H44ClNO7. The maximum atomic E-state index is 10.5. The third-order valence-corrected chi connectivity index (χ3v) is 8.42. The molecule has 2 aromatic rings. The molecule has 0 amide bonds. The Hall–Kier alpha value is -2.20. The molecule has 4 unspecified atom stereocenters. The van der Waals surface area contributed by atoms with Gasteiger partial charge in [0.05, 0.1) is 25.9 Å². The van der Waals surface area contributed by atoms with Gasteiger partial charge in [-0.1, -0.05) is 73.5 Å². The summed E-state index contributed by atoms with van der Waals surface area (Å²) in [6.07, 6.45) is 10.9. The summed E-state index contributed by atoms with van der Waals surface area (Å²) in [4.78, 5) is 4.66. The number of unbranched alkanes of at least 4 members (excludes halogenated alkanes) is 8. The summed E-state index contributed by atoms with van der Waals surface area (Å²) in [7, 11) is 1.57. The second kappa shape index (κ2) is 15.3. The maximum absolute atomic E-state index is 10.5. The molecule has 226 valence electrons. The van der Waals surface area contributed by atoms with E-state index < -0.39 is 30.2 Å². The fourth-order valence-corrected chi connectivity index (χ4v) is 5.81. The van der Waals surface area contributed by atoms with E-state index in [-0.39, 0.29) is 13.0 Å². The Kier molecular flexibility index (Phi) is 11.9. The van der Waals surface area contributed by atoms with Crippen molar-refractivity contribution >= 4 is 17.8 Å². The highest BCUT2D eigenvalue weighted by Crippen LogP contribution is 2.49. The zero-order valence-corrected chi connectivity index (χ0v) is 24.7. The molecule has 0 aliphatic carbocycles. The fourth-order valence-electron chi connectivity index (χ4n) is 5.63. The second-order valence-electron chi connectivity index (χ2n) is 11.1. The van der Waals surface area contributed by atoms with Crippen LogP contribution in [-0.4, -0.2) is 66.3 Å². The molecule has 2 aliphatic heterocycles. The van der Waals surface area contributed by atoms with Crippen molar-refractivity contribution in [3.8, 4) is 5.75 Å². The van der Waals surface area contributed by atoms with Gasteiger partial charge in [0.2, 0.25) is 0 Å². The van der Waals surface area contributed by atoms with E-state index >= 15 is 0 Å². The molecule has 2 aromatic carbocycles. The Bertz CT molecular complexity index is 1110. The maximum Gasteiger partial charge on any atom is 0.198 e. The highest BCUT2D eigenvalue weighted by atomic mass is 35.5. The summed E-state index contributed by atoms with van der Waals surface area (Å²) in [6.45, 7) is 0.256. The highest BCUT2D eigenvalue weighted by molar-refractivity contribution is 6.31. The van der Waals surface area contributed by atoms with Crippen molar-refractivity contribution in [3.05, 3.63) is 64.2 Å². The lowest BCUT2D eigenvalue weighted by Crippen LogP contribution is -2.59. The molecule has 2 saturated heterocycles. The van der Waals surface area contributed by atoms with E-state index in [1.54, 1.807) is 13.2 Å². The average molecular weight is 590 g/mol. The third kappa shape index (κ3) is 8.21. The van der Waals surface area contributed by atoms with Gasteiger partial charge in [-0.25, -0.2) is 0 Å². The quantitative estimate of drug-likeness (QED) is 0.127. The van der Waals surface area contributed by atoms with Gasteiger partial charge in [0.25, 0.3) is 0 Å². The van der Waals surface area contributed by atoms with Crippen LogP contribution in [0.25, 0.3) is 0 Å². The monoisotopic (exact) mass is 589 g/mol. The number of benzene rings is 2. The number of halogens is 1. The first-order valence-electron chi connectivity index (χ1n) is 14.8. The molecule has 4 atom stereocenters. The zero-order valence-electron chi connectivity index (χ0n) is 24.0. The normalized spacial score (nSPS) is 25.6. The lowest BCUT2D eigenvalue weighted by Gasteiger charge is -2.42.